The molecule has 0 aromatic carbocycles. The van der Waals surface area contributed by atoms with Crippen LogP contribution in [-0.2, 0) is 9.59 Å². The first-order valence-corrected chi connectivity index (χ1v) is 11.6. The number of carboxylic acids is 1. The molecule has 4 fully saturated rings. The molecule has 4 nitrogen and oxygen atoms in total. The van der Waals surface area contributed by atoms with E-state index in [0.29, 0.717) is 41.8 Å². The fourth-order valence-electron chi connectivity index (χ4n) is 8.44. The first kappa shape index (κ1) is 20.4. The van der Waals surface area contributed by atoms with Crippen LogP contribution in [-0.4, -0.2) is 28.1 Å². The predicted octanol–water partition coefficient (Wildman–Crippen LogP) is 4.69. The van der Waals surface area contributed by atoms with Crippen molar-refractivity contribution in [3.8, 4) is 0 Å². The molecule has 0 spiro atoms. The van der Waals surface area contributed by atoms with Crippen molar-refractivity contribution in [1.29, 1.82) is 0 Å². The largest absolute Gasteiger partial charge is 0.481 e. The third-order valence-electron chi connectivity index (χ3n) is 10.0. The van der Waals surface area contributed by atoms with Crippen LogP contribution in [0, 0.1) is 46.3 Å². The topological polar surface area (TPSA) is 74.6 Å². The van der Waals surface area contributed by atoms with Crippen molar-refractivity contribution in [2.45, 2.75) is 91.1 Å². The lowest BCUT2D eigenvalue weighted by molar-refractivity contribution is -0.160. The van der Waals surface area contributed by atoms with Crippen LogP contribution in [0.25, 0.3) is 0 Å². The summed E-state index contributed by atoms with van der Waals surface area (Å²) < 4.78 is 0. The number of ketones is 1. The summed E-state index contributed by atoms with van der Waals surface area (Å²) in [4.78, 5) is 24.4. The number of carboxylic acid groups (broad SMARTS) is 1. The molecule has 0 amide bonds. The van der Waals surface area contributed by atoms with Crippen LogP contribution in [0.2, 0.25) is 0 Å². The number of hydrogen-bond donors (Lipinski definition) is 2. The molecule has 0 radical (unpaired) electrons. The van der Waals surface area contributed by atoms with Gasteiger partial charge in [0, 0.05) is 18.8 Å². The van der Waals surface area contributed by atoms with Gasteiger partial charge in [-0.1, -0.05) is 20.8 Å². The van der Waals surface area contributed by atoms with E-state index in [0.717, 1.165) is 44.9 Å². The second-order valence-electron chi connectivity index (χ2n) is 11.2. The van der Waals surface area contributed by atoms with Crippen LogP contribution in [0.1, 0.15) is 85.0 Å². The summed E-state index contributed by atoms with van der Waals surface area (Å²) >= 11 is 0. The Morgan fingerprint density at radius 1 is 1.11 bits per heavy atom. The molecule has 0 saturated heterocycles. The number of fused-ring (bicyclic) bond motifs is 5. The molecule has 4 heteroatoms. The van der Waals surface area contributed by atoms with E-state index in [1.807, 2.05) is 0 Å². The van der Waals surface area contributed by atoms with Gasteiger partial charge >= 0.3 is 5.97 Å². The zero-order valence-corrected chi connectivity index (χ0v) is 17.8. The SMILES string of the molecule is C[C@H](CCC(=O)O)[C@H]1CC[C@H]2[C@@H]3C(=O)CC4C[C@H](O)CC[C@]4(C)[C@H]3CC[C@@]12C. The van der Waals surface area contributed by atoms with Gasteiger partial charge in [-0.15, -0.1) is 0 Å². The molecule has 1 unspecified atom stereocenters. The molecule has 4 aliphatic carbocycles. The standard InChI is InChI=1S/C24H38O4/c1-14(4-7-21(27)28)17-5-6-18-22-19(9-11-24(17,18)3)23(2)10-8-16(25)12-15(23)13-20(22)26/h14-19,22,25H,4-13H2,1-3H3,(H,27,28)/t14-,15?,16-,17-,18+,19+,22+,23+,24+/m1/s1. The normalized spacial score (nSPS) is 49.1. The molecule has 0 aromatic heterocycles. The Kier molecular flexibility index (Phi) is 5.17. The summed E-state index contributed by atoms with van der Waals surface area (Å²) in [6.07, 6.45) is 8.81. The van der Waals surface area contributed by atoms with Crippen molar-refractivity contribution < 1.29 is 19.8 Å². The highest BCUT2D eigenvalue weighted by Gasteiger charge is 2.62. The van der Waals surface area contributed by atoms with Gasteiger partial charge in [0.05, 0.1) is 6.10 Å². The summed E-state index contributed by atoms with van der Waals surface area (Å²) in [6, 6.07) is 0. The van der Waals surface area contributed by atoms with Gasteiger partial charge in [0.1, 0.15) is 5.78 Å². The van der Waals surface area contributed by atoms with Crippen molar-refractivity contribution in [2.75, 3.05) is 0 Å². The van der Waals surface area contributed by atoms with E-state index >= 15 is 0 Å². The van der Waals surface area contributed by atoms with Crippen molar-refractivity contribution in [3.63, 3.8) is 0 Å². The number of Topliss-reactive ketones (excluding diaryl/α,β-unsaturated/α-hetero) is 1. The van der Waals surface area contributed by atoms with Crippen LogP contribution in [0.5, 0.6) is 0 Å². The molecule has 2 N–H and O–H groups in total. The van der Waals surface area contributed by atoms with E-state index in [-0.39, 0.29) is 29.3 Å². The van der Waals surface area contributed by atoms with Crippen molar-refractivity contribution in [1.82, 2.24) is 0 Å². The maximum atomic E-state index is 13.3. The Hall–Kier alpha value is -0.900. The van der Waals surface area contributed by atoms with Crippen molar-refractivity contribution in [2.24, 2.45) is 46.3 Å². The monoisotopic (exact) mass is 390 g/mol. The number of rotatable bonds is 4. The molecule has 0 aliphatic heterocycles. The summed E-state index contributed by atoms with van der Waals surface area (Å²) in [6.45, 7) is 7.06. The van der Waals surface area contributed by atoms with Gasteiger partial charge in [0.15, 0.2) is 0 Å². The molecule has 4 rings (SSSR count). The summed E-state index contributed by atoms with van der Waals surface area (Å²) in [5, 5.41) is 19.3. The molecule has 158 valence electrons. The molecular formula is C24H38O4. The van der Waals surface area contributed by atoms with Gasteiger partial charge in [0.2, 0.25) is 0 Å². The summed E-state index contributed by atoms with van der Waals surface area (Å²) in [7, 11) is 0. The van der Waals surface area contributed by atoms with Gasteiger partial charge in [-0.25, -0.2) is 0 Å². The molecule has 9 atom stereocenters. The minimum Gasteiger partial charge on any atom is -0.481 e. The Bertz CT molecular complexity index is 645. The molecule has 0 aromatic rings. The van der Waals surface area contributed by atoms with Crippen LogP contribution < -0.4 is 0 Å². The van der Waals surface area contributed by atoms with Crippen molar-refractivity contribution in [3.05, 3.63) is 0 Å². The minimum atomic E-state index is -0.698. The van der Waals surface area contributed by atoms with E-state index in [1.165, 1.54) is 6.42 Å². The maximum Gasteiger partial charge on any atom is 0.303 e. The van der Waals surface area contributed by atoms with Crippen LogP contribution in [0.15, 0.2) is 0 Å². The van der Waals surface area contributed by atoms with Gasteiger partial charge in [-0.05, 0) is 91.8 Å². The average Bonchev–Trinajstić information content (AvgIpc) is 2.98. The van der Waals surface area contributed by atoms with E-state index in [1.54, 1.807) is 0 Å². The number of hydrogen-bond acceptors (Lipinski definition) is 3. The number of carbonyl (C=O) groups is 2. The van der Waals surface area contributed by atoms with Gasteiger partial charge in [0.25, 0.3) is 0 Å². The maximum absolute atomic E-state index is 13.3. The summed E-state index contributed by atoms with van der Waals surface area (Å²) in [5.41, 5.74) is 0.401. The van der Waals surface area contributed by atoms with Gasteiger partial charge in [-0.2, -0.15) is 0 Å². The highest BCUT2D eigenvalue weighted by molar-refractivity contribution is 5.83. The number of aliphatic hydroxyl groups is 1. The Labute approximate surface area is 169 Å². The fraction of sp³-hybridized carbons (Fsp3) is 0.917. The highest BCUT2D eigenvalue weighted by Crippen LogP contribution is 2.67. The second kappa shape index (κ2) is 7.11. The number of aliphatic carboxylic acids is 1. The predicted molar refractivity (Wildman–Crippen MR) is 108 cm³/mol. The number of carbonyl (C=O) groups excluding carboxylic acids is 1. The van der Waals surface area contributed by atoms with Gasteiger partial charge in [-0.3, -0.25) is 9.59 Å². The fourth-order valence-corrected chi connectivity index (χ4v) is 8.44. The number of aliphatic hydroxyl groups excluding tert-OH is 1. The third-order valence-corrected chi connectivity index (χ3v) is 10.0. The minimum absolute atomic E-state index is 0.187. The molecule has 0 bridgehead atoms. The Morgan fingerprint density at radius 2 is 1.79 bits per heavy atom. The Balaban J connectivity index is 1.56. The second-order valence-corrected chi connectivity index (χ2v) is 11.2. The van der Waals surface area contributed by atoms with Gasteiger partial charge < -0.3 is 10.2 Å². The van der Waals surface area contributed by atoms with Crippen molar-refractivity contribution >= 4 is 11.8 Å². The first-order chi connectivity index (χ1) is 13.2. The zero-order valence-electron chi connectivity index (χ0n) is 17.8. The molecule has 28 heavy (non-hydrogen) atoms. The molecular weight excluding hydrogens is 352 g/mol. The quantitative estimate of drug-likeness (QED) is 0.730. The first-order valence-electron chi connectivity index (χ1n) is 11.6. The van der Waals surface area contributed by atoms with Crippen LogP contribution >= 0.6 is 0 Å². The zero-order chi connectivity index (χ0) is 20.3. The van der Waals surface area contributed by atoms with Crippen LogP contribution in [0.4, 0.5) is 0 Å². The average molecular weight is 391 g/mol. The third kappa shape index (κ3) is 3.05. The molecule has 4 saturated carbocycles. The smallest absolute Gasteiger partial charge is 0.303 e. The lowest BCUT2D eigenvalue weighted by atomic mass is 9.44. The Morgan fingerprint density at radius 3 is 2.50 bits per heavy atom. The lowest BCUT2D eigenvalue weighted by Crippen LogP contribution is -2.57. The molecule has 0 heterocycles. The van der Waals surface area contributed by atoms with E-state index in [4.69, 9.17) is 5.11 Å². The molecule has 4 aliphatic rings. The van der Waals surface area contributed by atoms with E-state index in [2.05, 4.69) is 20.8 Å². The highest BCUT2D eigenvalue weighted by atomic mass is 16.4. The van der Waals surface area contributed by atoms with E-state index in [9.17, 15) is 14.7 Å². The lowest BCUT2D eigenvalue weighted by Gasteiger charge is -2.60. The van der Waals surface area contributed by atoms with E-state index < -0.39 is 5.97 Å². The van der Waals surface area contributed by atoms with Crippen LogP contribution in [0.3, 0.4) is 0 Å². The summed E-state index contributed by atoms with van der Waals surface area (Å²) in [5.74, 6) is 2.25.